The Bertz CT molecular complexity index is 639. The summed E-state index contributed by atoms with van der Waals surface area (Å²) in [7, 11) is 4.23. The van der Waals surface area contributed by atoms with Crippen molar-refractivity contribution in [1.29, 1.82) is 0 Å². The van der Waals surface area contributed by atoms with Crippen molar-refractivity contribution in [2.24, 2.45) is 12.0 Å². The first-order chi connectivity index (χ1) is 9.69. The van der Waals surface area contributed by atoms with Gasteiger partial charge in [0, 0.05) is 32.9 Å². The van der Waals surface area contributed by atoms with Crippen LogP contribution in [-0.4, -0.2) is 22.4 Å². The summed E-state index contributed by atoms with van der Waals surface area (Å²) in [5.41, 5.74) is 3.80. The van der Waals surface area contributed by atoms with Crippen LogP contribution in [0.4, 0.5) is 5.69 Å². The second-order valence-corrected chi connectivity index (χ2v) is 5.45. The lowest BCUT2D eigenvalue weighted by molar-refractivity contribution is 0.370. The molecule has 2 aromatic rings. The number of rotatable bonds is 2. The average molecular weight is 267 g/mol. The third-order valence-electron chi connectivity index (χ3n) is 4.08. The molecular formula is C17H21N3. The molecule has 0 N–H and O–H groups in total. The van der Waals surface area contributed by atoms with E-state index in [1.54, 1.807) is 0 Å². The van der Waals surface area contributed by atoms with E-state index in [1.165, 1.54) is 11.1 Å². The molecule has 1 atom stereocenters. The fourth-order valence-electron chi connectivity index (χ4n) is 2.93. The smallest absolute Gasteiger partial charge is 0.105 e. The van der Waals surface area contributed by atoms with Crippen LogP contribution in [0, 0.1) is 0 Å². The van der Waals surface area contributed by atoms with Crippen LogP contribution in [0.3, 0.4) is 0 Å². The fourth-order valence-corrected chi connectivity index (χ4v) is 2.93. The van der Waals surface area contributed by atoms with Crippen LogP contribution >= 0.6 is 0 Å². The van der Waals surface area contributed by atoms with Gasteiger partial charge in [-0.2, -0.15) is 0 Å². The van der Waals surface area contributed by atoms with Crippen LogP contribution in [0.1, 0.15) is 30.5 Å². The molecule has 0 aliphatic carbocycles. The van der Waals surface area contributed by atoms with Gasteiger partial charge in [-0.3, -0.25) is 0 Å². The molecule has 0 fully saturated rings. The number of amidine groups is 1. The Balaban J connectivity index is 2.07. The normalized spacial score (nSPS) is 18.4. The first-order valence-electron chi connectivity index (χ1n) is 7.19. The third-order valence-corrected chi connectivity index (χ3v) is 4.08. The Morgan fingerprint density at radius 1 is 1.20 bits per heavy atom. The Kier molecular flexibility index (Phi) is 3.35. The van der Waals surface area contributed by atoms with Crippen molar-refractivity contribution in [3.63, 3.8) is 0 Å². The maximum Gasteiger partial charge on any atom is 0.105 e. The molecule has 0 radical (unpaired) electrons. The van der Waals surface area contributed by atoms with Crippen LogP contribution < -0.4 is 0 Å². The number of likely N-dealkylation sites (N-methyl/N-ethyl adjacent to an activating group) is 1. The highest BCUT2D eigenvalue weighted by molar-refractivity contribution is 5.86. The van der Waals surface area contributed by atoms with Crippen molar-refractivity contribution >= 4 is 11.5 Å². The van der Waals surface area contributed by atoms with Crippen LogP contribution in [-0.2, 0) is 13.5 Å². The predicted molar refractivity (Wildman–Crippen MR) is 83.4 cm³/mol. The van der Waals surface area contributed by atoms with Gasteiger partial charge in [0.05, 0.1) is 11.7 Å². The topological polar surface area (TPSA) is 20.5 Å². The number of aliphatic imine (C=N–C) groups is 1. The fraction of sp³-hybridized carbons (Fsp3) is 0.353. The Hall–Kier alpha value is -2.03. The lowest BCUT2D eigenvalue weighted by atomic mass is 9.99. The van der Waals surface area contributed by atoms with Crippen LogP contribution in [0.25, 0.3) is 0 Å². The van der Waals surface area contributed by atoms with Crippen LogP contribution in [0.2, 0.25) is 0 Å². The summed E-state index contributed by atoms with van der Waals surface area (Å²) in [6.07, 6.45) is 6.28. The van der Waals surface area contributed by atoms with E-state index in [2.05, 4.69) is 73.2 Å². The zero-order chi connectivity index (χ0) is 14.1. The van der Waals surface area contributed by atoms with E-state index in [0.29, 0.717) is 6.04 Å². The van der Waals surface area contributed by atoms with Crippen LogP contribution in [0.5, 0.6) is 0 Å². The van der Waals surface area contributed by atoms with Gasteiger partial charge in [-0.15, -0.1) is 0 Å². The molecule has 1 aromatic heterocycles. The van der Waals surface area contributed by atoms with Crippen molar-refractivity contribution in [2.45, 2.75) is 25.8 Å². The maximum atomic E-state index is 4.86. The largest absolute Gasteiger partial charge is 0.357 e. The lowest BCUT2D eigenvalue weighted by Gasteiger charge is -2.28. The summed E-state index contributed by atoms with van der Waals surface area (Å²) in [5, 5.41) is 0. The van der Waals surface area contributed by atoms with E-state index in [4.69, 9.17) is 4.99 Å². The first kappa shape index (κ1) is 13.0. The highest BCUT2D eigenvalue weighted by atomic mass is 15.2. The van der Waals surface area contributed by atoms with Crippen molar-refractivity contribution < 1.29 is 0 Å². The molecule has 1 aliphatic heterocycles. The monoisotopic (exact) mass is 267 g/mol. The molecule has 20 heavy (non-hydrogen) atoms. The zero-order valence-corrected chi connectivity index (χ0v) is 12.4. The molecule has 0 amide bonds. The van der Waals surface area contributed by atoms with Crippen molar-refractivity contribution in [3.05, 3.63) is 53.9 Å². The number of hydrogen-bond donors (Lipinski definition) is 0. The SMILES string of the molecule is CCC1=Nc2ccccc2CC(c2ccn(C)c2)N1C. The van der Waals surface area contributed by atoms with Gasteiger partial charge in [0.1, 0.15) is 5.84 Å². The molecule has 1 unspecified atom stereocenters. The Morgan fingerprint density at radius 3 is 2.70 bits per heavy atom. The molecule has 0 bridgehead atoms. The highest BCUT2D eigenvalue weighted by Gasteiger charge is 2.24. The Morgan fingerprint density at radius 2 is 2.00 bits per heavy atom. The second kappa shape index (κ2) is 5.16. The van der Waals surface area contributed by atoms with E-state index in [9.17, 15) is 0 Å². The molecule has 1 aliphatic rings. The van der Waals surface area contributed by atoms with Gasteiger partial charge >= 0.3 is 0 Å². The third kappa shape index (κ3) is 2.24. The molecule has 104 valence electrons. The van der Waals surface area contributed by atoms with Gasteiger partial charge in [-0.05, 0) is 29.7 Å². The highest BCUT2D eigenvalue weighted by Crippen LogP contribution is 2.33. The van der Waals surface area contributed by atoms with Crippen LogP contribution in [0.15, 0.2) is 47.7 Å². The minimum atomic E-state index is 0.360. The number of benzene rings is 1. The average Bonchev–Trinajstić information content (AvgIpc) is 2.82. The second-order valence-electron chi connectivity index (χ2n) is 5.45. The number of fused-ring (bicyclic) bond motifs is 1. The number of hydrogen-bond acceptors (Lipinski definition) is 2. The summed E-state index contributed by atoms with van der Waals surface area (Å²) in [6, 6.07) is 11.1. The summed E-state index contributed by atoms with van der Waals surface area (Å²) < 4.78 is 2.11. The number of aryl methyl sites for hydroxylation is 1. The molecule has 3 nitrogen and oxygen atoms in total. The van der Waals surface area contributed by atoms with E-state index < -0.39 is 0 Å². The van der Waals surface area contributed by atoms with Gasteiger partial charge in [-0.1, -0.05) is 25.1 Å². The summed E-state index contributed by atoms with van der Waals surface area (Å²) in [4.78, 5) is 7.19. The van der Waals surface area contributed by atoms with Crippen molar-refractivity contribution in [1.82, 2.24) is 9.47 Å². The minimum Gasteiger partial charge on any atom is -0.357 e. The Labute approximate surface area is 120 Å². The molecule has 2 heterocycles. The maximum absolute atomic E-state index is 4.86. The molecule has 0 saturated carbocycles. The summed E-state index contributed by atoms with van der Waals surface area (Å²) in [6.45, 7) is 2.17. The standard InChI is InChI=1S/C17H21N3/c1-4-17-18-15-8-6-5-7-13(15)11-16(20(17)3)14-9-10-19(2)12-14/h5-10,12,16H,4,11H2,1-3H3. The van der Waals surface area contributed by atoms with Gasteiger partial charge in [-0.25, -0.2) is 4.99 Å². The van der Waals surface area contributed by atoms with Gasteiger partial charge in [0.25, 0.3) is 0 Å². The molecular weight excluding hydrogens is 246 g/mol. The van der Waals surface area contributed by atoms with Crippen molar-refractivity contribution in [3.8, 4) is 0 Å². The van der Waals surface area contributed by atoms with E-state index in [0.717, 1.165) is 24.4 Å². The molecule has 3 heteroatoms. The summed E-state index contributed by atoms with van der Waals surface area (Å²) in [5.74, 6) is 1.16. The molecule has 3 rings (SSSR count). The molecule has 1 aromatic carbocycles. The lowest BCUT2D eigenvalue weighted by Crippen LogP contribution is -2.30. The predicted octanol–water partition coefficient (Wildman–Crippen LogP) is 3.69. The van der Waals surface area contributed by atoms with E-state index >= 15 is 0 Å². The van der Waals surface area contributed by atoms with Crippen molar-refractivity contribution in [2.75, 3.05) is 7.05 Å². The molecule has 0 spiro atoms. The number of para-hydroxylation sites is 1. The quantitative estimate of drug-likeness (QED) is 0.812. The van der Waals surface area contributed by atoms with E-state index in [1.807, 2.05) is 0 Å². The number of aromatic nitrogens is 1. The first-order valence-corrected chi connectivity index (χ1v) is 7.19. The van der Waals surface area contributed by atoms with Gasteiger partial charge in [0.15, 0.2) is 0 Å². The molecule has 0 saturated heterocycles. The van der Waals surface area contributed by atoms with Gasteiger partial charge < -0.3 is 9.47 Å². The van der Waals surface area contributed by atoms with E-state index in [-0.39, 0.29) is 0 Å². The minimum absolute atomic E-state index is 0.360. The summed E-state index contributed by atoms with van der Waals surface area (Å²) >= 11 is 0. The zero-order valence-electron chi connectivity index (χ0n) is 12.4. The van der Waals surface area contributed by atoms with Gasteiger partial charge in [0.2, 0.25) is 0 Å². The number of nitrogens with zero attached hydrogens (tertiary/aromatic N) is 3.